The molecule has 0 atom stereocenters. The van der Waals surface area contributed by atoms with Gasteiger partial charge in [0.25, 0.3) is 11.5 Å². The number of anilines is 1. The number of benzene rings is 2. The third kappa shape index (κ3) is 7.76. The Labute approximate surface area is 269 Å². The molecule has 46 heavy (non-hydrogen) atoms. The van der Waals surface area contributed by atoms with Gasteiger partial charge in [-0.1, -0.05) is 31.7 Å². The summed E-state index contributed by atoms with van der Waals surface area (Å²) < 4.78 is 17.6. The molecule has 2 N–H and O–H groups in total. The Balaban J connectivity index is 1.86. The van der Waals surface area contributed by atoms with Crippen molar-refractivity contribution in [1.29, 1.82) is 0 Å². The molecule has 2 aromatic carbocycles. The molecule has 0 fully saturated rings. The first-order valence-corrected chi connectivity index (χ1v) is 15.1. The molecule has 1 amide bonds. The number of hydrogen-bond donors (Lipinski definition) is 2. The van der Waals surface area contributed by atoms with Gasteiger partial charge in [-0.25, -0.2) is 14.4 Å². The number of carbonyl (C=O) groups is 1. The molecule has 0 bridgehead atoms. The number of carbonyl (C=O) groups excluding carboxylic acids is 1. The highest BCUT2D eigenvalue weighted by molar-refractivity contribution is 6.03. The number of aliphatic imine (C=N–C) groups is 1. The Bertz CT molecular complexity index is 1930. The number of aryl methyl sites for hydroxylation is 1. The van der Waals surface area contributed by atoms with E-state index in [0.29, 0.717) is 40.7 Å². The van der Waals surface area contributed by atoms with E-state index in [1.807, 2.05) is 56.8 Å². The molecule has 240 valence electrons. The second kappa shape index (κ2) is 14.8. The van der Waals surface area contributed by atoms with Crippen LogP contribution in [0, 0.1) is 12.7 Å². The number of fused-ring (bicyclic) bond motifs is 1. The molecule has 0 radical (unpaired) electrons. The lowest BCUT2D eigenvalue weighted by Gasteiger charge is -2.17. The van der Waals surface area contributed by atoms with E-state index < -0.39 is 0 Å². The summed E-state index contributed by atoms with van der Waals surface area (Å²) in [7, 11) is 5.23. The highest BCUT2D eigenvalue weighted by Gasteiger charge is 2.17. The van der Waals surface area contributed by atoms with Gasteiger partial charge < -0.3 is 20.1 Å². The lowest BCUT2D eigenvalue weighted by Crippen LogP contribution is -2.28. The Morgan fingerprint density at radius 1 is 1.17 bits per heavy atom. The standard InChI is InChI=1S/C36H42FN7O2/c1-9-11-29(19-38-6)41-31-20-39-34(26-12-10-13-27(17-26)35(45)42(7)8)44(36(31)46)21-24(4)16-33(40-23(2)3)43-22-25(5)30-18-28(37)14-15-32(30)43/h10-18,20,22,38,41H,2,9,19,21H2,1,3-8H3/b24-16+,29-11?,40-33?. The zero-order valence-electron chi connectivity index (χ0n) is 27.6. The van der Waals surface area contributed by atoms with Crippen molar-refractivity contribution in [3.63, 3.8) is 0 Å². The number of allylic oxidation sites excluding steroid dienone is 4. The molecule has 2 heterocycles. The van der Waals surface area contributed by atoms with Gasteiger partial charge in [0, 0.05) is 61.3 Å². The molecule has 4 rings (SSSR count). The number of amides is 1. The molecule has 0 unspecified atom stereocenters. The average molecular weight is 624 g/mol. The molecule has 0 spiro atoms. The Morgan fingerprint density at radius 2 is 1.93 bits per heavy atom. The quantitative estimate of drug-likeness (QED) is 0.150. The van der Waals surface area contributed by atoms with Crippen LogP contribution in [-0.2, 0) is 6.54 Å². The summed E-state index contributed by atoms with van der Waals surface area (Å²) in [5.74, 6) is 0.533. The SMILES string of the molecule is C=C(C)N=C(/C=C(\C)Cn1c(-c2cccc(C(=O)N(C)C)c2)ncc(NC(=CCC)CNC)c1=O)n1cc(C)c2cc(F)ccc21. The predicted octanol–water partition coefficient (Wildman–Crippen LogP) is 6.37. The third-order valence-electron chi connectivity index (χ3n) is 7.24. The van der Waals surface area contributed by atoms with Gasteiger partial charge in [-0.2, -0.15) is 0 Å². The molecule has 4 aromatic rings. The molecule has 2 aromatic heterocycles. The summed E-state index contributed by atoms with van der Waals surface area (Å²) in [6, 6.07) is 11.8. The third-order valence-corrected chi connectivity index (χ3v) is 7.24. The Kier molecular flexibility index (Phi) is 10.9. The Hall–Kier alpha value is -5.09. The van der Waals surface area contributed by atoms with Crippen LogP contribution in [0.4, 0.5) is 10.1 Å². The van der Waals surface area contributed by atoms with Crippen LogP contribution in [0.5, 0.6) is 0 Å². The van der Waals surface area contributed by atoms with Crippen molar-refractivity contribution in [2.45, 2.75) is 40.7 Å². The summed E-state index contributed by atoms with van der Waals surface area (Å²) in [5.41, 5.74) is 5.15. The average Bonchev–Trinajstić information content (AvgIpc) is 3.33. The van der Waals surface area contributed by atoms with Gasteiger partial charge in [-0.15, -0.1) is 0 Å². The van der Waals surface area contributed by atoms with Gasteiger partial charge in [0.2, 0.25) is 0 Å². The van der Waals surface area contributed by atoms with Gasteiger partial charge in [0.15, 0.2) is 0 Å². The Morgan fingerprint density at radius 3 is 2.61 bits per heavy atom. The summed E-state index contributed by atoms with van der Waals surface area (Å²) in [6.07, 6.45) is 8.15. The summed E-state index contributed by atoms with van der Waals surface area (Å²) in [4.78, 5) is 37.9. The van der Waals surface area contributed by atoms with Gasteiger partial charge in [0.1, 0.15) is 23.2 Å². The lowest BCUT2D eigenvalue weighted by atomic mass is 10.1. The number of nitrogens with zero attached hydrogens (tertiary/aromatic N) is 5. The molecule has 9 nitrogen and oxygen atoms in total. The van der Waals surface area contributed by atoms with E-state index in [-0.39, 0.29) is 23.8 Å². The van der Waals surface area contributed by atoms with E-state index in [4.69, 9.17) is 9.98 Å². The number of hydrogen-bond acceptors (Lipinski definition) is 6. The maximum Gasteiger partial charge on any atom is 0.277 e. The monoisotopic (exact) mass is 623 g/mol. The highest BCUT2D eigenvalue weighted by atomic mass is 19.1. The van der Waals surface area contributed by atoms with Crippen molar-refractivity contribution in [3.8, 4) is 11.4 Å². The smallest absolute Gasteiger partial charge is 0.277 e. The van der Waals surface area contributed by atoms with Crippen molar-refractivity contribution in [2.24, 2.45) is 4.99 Å². The summed E-state index contributed by atoms with van der Waals surface area (Å²) in [6.45, 7) is 12.4. The van der Waals surface area contributed by atoms with Crippen LogP contribution < -0.4 is 16.2 Å². The van der Waals surface area contributed by atoms with Crippen molar-refractivity contribution in [3.05, 3.63) is 118 Å². The normalized spacial score (nSPS) is 12.5. The van der Waals surface area contributed by atoms with Crippen LogP contribution >= 0.6 is 0 Å². The van der Waals surface area contributed by atoms with Gasteiger partial charge in [0.05, 0.1) is 11.7 Å². The first-order chi connectivity index (χ1) is 21.9. The van der Waals surface area contributed by atoms with Crippen molar-refractivity contribution < 1.29 is 9.18 Å². The van der Waals surface area contributed by atoms with Crippen molar-refractivity contribution >= 4 is 28.3 Å². The van der Waals surface area contributed by atoms with E-state index >= 15 is 0 Å². The van der Waals surface area contributed by atoms with Crippen molar-refractivity contribution in [1.82, 2.24) is 24.3 Å². The van der Waals surface area contributed by atoms with E-state index in [9.17, 15) is 14.0 Å². The molecule has 0 aliphatic rings. The van der Waals surface area contributed by atoms with Gasteiger partial charge in [-0.05, 0) is 81.8 Å². The van der Waals surface area contributed by atoms with Crippen LogP contribution in [0.2, 0.25) is 0 Å². The predicted molar refractivity (Wildman–Crippen MR) is 186 cm³/mol. The minimum absolute atomic E-state index is 0.152. The fourth-order valence-corrected chi connectivity index (χ4v) is 5.20. The molecular weight excluding hydrogens is 581 g/mol. The molecule has 0 saturated heterocycles. The first-order valence-electron chi connectivity index (χ1n) is 15.1. The minimum atomic E-state index is -0.311. The van der Waals surface area contributed by atoms with Crippen LogP contribution in [0.1, 0.15) is 43.1 Å². The number of halogens is 1. The molecular formula is C36H42FN7O2. The van der Waals surface area contributed by atoms with Crippen LogP contribution in [0.3, 0.4) is 0 Å². The minimum Gasteiger partial charge on any atom is -0.352 e. The van der Waals surface area contributed by atoms with E-state index in [1.165, 1.54) is 23.2 Å². The first kappa shape index (κ1) is 33.8. The second-order valence-corrected chi connectivity index (χ2v) is 11.5. The van der Waals surface area contributed by atoms with E-state index in [1.54, 1.807) is 49.9 Å². The van der Waals surface area contributed by atoms with Gasteiger partial charge in [-0.3, -0.25) is 14.2 Å². The fourth-order valence-electron chi connectivity index (χ4n) is 5.20. The van der Waals surface area contributed by atoms with Crippen LogP contribution in [0.25, 0.3) is 22.3 Å². The zero-order chi connectivity index (χ0) is 33.5. The van der Waals surface area contributed by atoms with E-state index in [0.717, 1.165) is 34.2 Å². The van der Waals surface area contributed by atoms with Crippen LogP contribution in [-0.4, -0.2) is 58.4 Å². The molecule has 0 aliphatic carbocycles. The maximum absolute atomic E-state index is 14.1. The van der Waals surface area contributed by atoms with Gasteiger partial charge >= 0.3 is 0 Å². The lowest BCUT2D eigenvalue weighted by molar-refractivity contribution is 0.0827. The van der Waals surface area contributed by atoms with Crippen LogP contribution in [0.15, 0.2) is 100 Å². The topological polar surface area (TPSA) is 96.6 Å². The number of nitrogens with one attached hydrogen (secondary N) is 2. The second-order valence-electron chi connectivity index (χ2n) is 11.5. The summed E-state index contributed by atoms with van der Waals surface area (Å²) in [5, 5.41) is 7.17. The zero-order valence-corrected chi connectivity index (χ0v) is 27.6. The number of aromatic nitrogens is 3. The van der Waals surface area contributed by atoms with E-state index in [2.05, 4.69) is 17.2 Å². The highest BCUT2D eigenvalue weighted by Crippen LogP contribution is 2.24. The number of rotatable bonds is 11. The molecule has 0 saturated carbocycles. The summed E-state index contributed by atoms with van der Waals surface area (Å²) >= 11 is 0. The largest absolute Gasteiger partial charge is 0.352 e. The fraction of sp³-hybridized carbons (Fsp3) is 0.278. The maximum atomic E-state index is 14.1. The molecule has 0 aliphatic heterocycles. The molecule has 10 heteroatoms. The number of likely N-dealkylation sites (N-methyl/N-ethyl adjacent to an activating group) is 1. The van der Waals surface area contributed by atoms with Crippen molar-refractivity contribution in [2.75, 3.05) is 33.0 Å².